The summed E-state index contributed by atoms with van der Waals surface area (Å²) in [5.74, 6) is -0.371. The summed E-state index contributed by atoms with van der Waals surface area (Å²) in [4.78, 5) is 13.2. The molecular weight excluding hydrogens is 273 g/mol. The van der Waals surface area contributed by atoms with Crippen LogP contribution in [0.25, 0.3) is 0 Å². The first kappa shape index (κ1) is 11.6. The Balaban J connectivity index is 2.32. The summed E-state index contributed by atoms with van der Waals surface area (Å²) in [7, 11) is 0. The third-order valence-electron chi connectivity index (χ3n) is 2.77. The Morgan fingerprint density at radius 1 is 1.50 bits per heavy atom. The minimum atomic E-state index is -0.324. The summed E-state index contributed by atoms with van der Waals surface area (Å²) < 4.78 is 13.7. The molecule has 0 aromatic heterocycles. The molecule has 1 atom stereocenters. The summed E-state index contributed by atoms with van der Waals surface area (Å²) in [5.41, 5.74) is 1.25. The van der Waals surface area contributed by atoms with Crippen LogP contribution in [-0.4, -0.2) is 17.3 Å². The van der Waals surface area contributed by atoms with Gasteiger partial charge in [-0.3, -0.25) is 4.79 Å². The lowest BCUT2D eigenvalue weighted by Crippen LogP contribution is -2.42. The van der Waals surface area contributed by atoms with E-state index in [2.05, 4.69) is 15.9 Å². The van der Waals surface area contributed by atoms with Gasteiger partial charge in [0.15, 0.2) is 0 Å². The van der Waals surface area contributed by atoms with E-state index >= 15 is 0 Å². The Kier molecular flexibility index (Phi) is 3.28. The van der Waals surface area contributed by atoms with Gasteiger partial charge in [0.1, 0.15) is 5.82 Å². The molecule has 0 spiro atoms. The van der Waals surface area contributed by atoms with Gasteiger partial charge in [-0.1, -0.05) is 22.0 Å². The van der Waals surface area contributed by atoms with Crippen LogP contribution in [0, 0.1) is 12.7 Å². The number of halogens is 2. The van der Waals surface area contributed by atoms with Gasteiger partial charge >= 0.3 is 0 Å². The number of aryl methyl sites for hydroxylation is 1. The lowest BCUT2D eigenvalue weighted by Gasteiger charge is -2.30. The van der Waals surface area contributed by atoms with Crippen LogP contribution in [0.5, 0.6) is 0 Å². The van der Waals surface area contributed by atoms with E-state index in [0.29, 0.717) is 12.2 Å². The highest BCUT2D eigenvalue weighted by Gasteiger charge is 2.28. The number of alkyl halides is 1. The van der Waals surface area contributed by atoms with Gasteiger partial charge in [0.25, 0.3) is 0 Å². The van der Waals surface area contributed by atoms with Crippen molar-refractivity contribution >= 4 is 27.5 Å². The number of hydrogen-bond donors (Lipinski definition) is 0. The topological polar surface area (TPSA) is 20.3 Å². The Hall–Kier alpha value is -0.900. The maximum absolute atomic E-state index is 13.7. The highest BCUT2D eigenvalue weighted by Crippen LogP contribution is 2.27. The predicted octanol–water partition coefficient (Wildman–Crippen LogP) is 3.02. The monoisotopic (exact) mass is 285 g/mol. The third kappa shape index (κ3) is 2.12. The number of piperidine rings is 1. The molecule has 1 heterocycles. The van der Waals surface area contributed by atoms with Gasteiger partial charge in [0, 0.05) is 6.54 Å². The van der Waals surface area contributed by atoms with Crippen molar-refractivity contribution in [2.24, 2.45) is 0 Å². The molecular formula is C12H13BrFNO. The number of nitrogens with zero attached hydrogens (tertiary/aromatic N) is 1. The van der Waals surface area contributed by atoms with Gasteiger partial charge in [-0.05, 0) is 37.5 Å². The fourth-order valence-corrected chi connectivity index (χ4v) is 2.47. The Labute approximate surface area is 103 Å². The number of carbonyl (C=O) groups excluding carboxylic acids is 1. The van der Waals surface area contributed by atoms with Crippen molar-refractivity contribution in [2.45, 2.75) is 24.6 Å². The largest absolute Gasteiger partial charge is 0.309 e. The van der Waals surface area contributed by atoms with E-state index in [1.807, 2.05) is 13.0 Å². The van der Waals surface area contributed by atoms with Gasteiger partial charge in [-0.2, -0.15) is 0 Å². The highest BCUT2D eigenvalue weighted by atomic mass is 79.9. The van der Waals surface area contributed by atoms with Crippen LogP contribution in [0.3, 0.4) is 0 Å². The summed E-state index contributed by atoms with van der Waals surface area (Å²) in [6.07, 6.45) is 1.72. The molecule has 0 saturated carbocycles. The molecule has 0 bridgehead atoms. The number of amides is 1. The molecule has 1 aromatic carbocycles. The summed E-state index contributed by atoms with van der Waals surface area (Å²) in [5, 5.41) is 0. The van der Waals surface area contributed by atoms with E-state index in [0.717, 1.165) is 18.4 Å². The van der Waals surface area contributed by atoms with E-state index in [1.165, 1.54) is 11.0 Å². The molecule has 4 heteroatoms. The average Bonchev–Trinajstić information content (AvgIpc) is 2.23. The summed E-state index contributed by atoms with van der Waals surface area (Å²) in [6, 6.07) is 4.96. The molecule has 1 fully saturated rings. The van der Waals surface area contributed by atoms with Crippen molar-refractivity contribution in [1.29, 1.82) is 0 Å². The van der Waals surface area contributed by atoms with Gasteiger partial charge in [0.05, 0.1) is 10.5 Å². The lowest BCUT2D eigenvalue weighted by molar-refractivity contribution is -0.118. The molecule has 0 N–H and O–H groups in total. The van der Waals surface area contributed by atoms with Crippen LogP contribution in [0.1, 0.15) is 18.4 Å². The Morgan fingerprint density at radius 2 is 2.25 bits per heavy atom. The maximum atomic E-state index is 13.7. The minimum Gasteiger partial charge on any atom is -0.309 e. The molecule has 1 aliphatic heterocycles. The van der Waals surface area contributed by atoms with Crippen LogP contribution in [0.15, 0.2) is 18.2 Å². The van der Waals surface area contributed by atoms with E-state index < -0.39 is 0 Å². The number of anilines is 1. The zero-order valence-corrected chi connectivity index (χ0v) is 10.6. The fourth-order valence-electron chi connectivity index (χ4n) is 1.90. The zero-order chi connectivity index (χ0) is 11.7. The third-order valence-corrected chi connectivity index (χ3v) is 3.62. The number of benzene rings is 1. The lowest BCUT2D eigenvalue weighted by atomic mass is 10.1. The number of hydrogen-bond acceptors (Lipinski definition) is 1. The fraction of sp³-hybridized carbons (Fsp3) is 0.417. The quantitative estimate of drug-likeness (QED) is 0.727. The molecule has 86 valence electrons. The van der Waals surface area contributed by atoms with Crippen molar-refractivity contribution in [1.82, 2.24) is 0 Å². The van der Waals surface area contributed by atoms with Gasteiger partial charge in [-0.25, -0.2) is 4.39 Å². The molecule has 1 unspecified atom stereocenters. The molecule has 1 amide bonds. The maximum Gasteiger partial charge on any atom is 0.240 e. The van der Waals surface area contributed by atoms with Crippen LogP contribution >= 0.6 is 15.9 Å². The summed E-state index contributed by atoms with van der Waals surface area (Å²) in [6.45, 7) is 2.43. The smallest absolute Gasteiger partial charge is 0.240 e. The Bertz CT molecular complexity index is 421. The van der Waals surface area contributed by atoms with E-state index in [1.54, 1.807) is 6.07 Å². The molecule has 1 saturated heterocycles. The Morgan fingerprint density at radius 3 is 2.94 bits per heavy atom. The minimum absolute atomic E-state index is 0.0472. The predicted molar refractivity (Wildman–Crippen MR) is 65.4 cm³/mol. The molecule has 1 aliphatic rings. The first-order valence-corrected chi connectivity index (χ1v) is 6.23. The van der Waals surface area contributed by atoms with Crippen LogP contribution < -0.4 is 4.90 Å². The van der Waals surface area contributed by atoms with E-state index in [9.17, 15) is 9.18 Å². The SMILES string of the molecule is Cc1ccc(N2CCCC(Br)C2=O)c(F)c1. The zero-order valence-electron chi connectivity index (χ0n) is 9.04. The van der Waals surface area contributed by atoms with Gasteiger partial charge in [-0.15, -0.1) is 0 Å². The normalized spacial score (nSPS) is 21.3. The first-order valence-electron chi connectivity index (χ1n) is 5.31. The second-order valence-electron chi connectivity index (χ2n) is 4.05. The van der Waals surface area contributed by atoms with Gasteiger partial charge < -0.3 is 4.90 Å². The van der Waals surface area contributed by atoms with Crippen LogP contribution in [0.4, 0.5) is 10.1 Å². The highest BCUT2D eigenvalue weighted by molar-refractivity contribution is 9.10. The second kappa shape index (κ2) is 4.53. The average molecular weight is 286 g/mol. The molecule has 0 radical (unpaired) electrons. The van der Waals surface area contributed by atoms with E-state index in [4.69, 9.17) is 0 Å². The second-order valence-corrected chi connectivity index (χ2v) is 5.16. The summed E-state index contributed by atoms with van der Waals surface area (Å²) >= 11 is 3.32. The van der Waals surface area contributed by atoms with Gasteiger partial charge in [0.2, 0.25) is 5.91 Å². The van der Waals surface area contributed by atoms with Crippen molar-refractivity contribution in [2.75, 3.05) is 11.4 Å². The molecule has 2 nitrogen and oxygen atoms in total. The van der Waals surface area contributed by atoms with Crippen LogP contribution in [0.2, 0.25) is 0 Å². The van der Waals surface area contributed by atoms with Crippen molar-refractivity contribution in [3.63, 3.8) is 0 Å². The van der Waals surface area contributed by atoms with Crippen molar-refractivity contribution in [3.05, 3.63) is 29.6 Å². The number of rotatable bonds is 1. The van der Waals surface area contributed by atoms with Crippen LogP contribution in [-0.2, 0) is 4.79 Å². The molecule has 16 heavy (non-hydrogen) atoms. The molecule has 1 aromatic rings. The number of carbonyl (C=O) groups is 1. The van der Waals surface area contributed by atoms with Crippen molar-refractivity contribution < 1.29 is 9.18 Å². The standard InChI is InChI=1S/C12H13BrFNO/c1-8-4-5-11(10(14)7-8)15-6-2-3-9(13)12(15)16/h4-5,7,9H,2-3,6H2,1H3. The first-order chi connectivity index (χ1) is 7.59. The van der Waals surface area contributed by atoms with E-state index in [-0.39, 0.29) is 16.6 Å². The van der Waals surface area contributed by atoms with Crippen molar-refractivity contribution in [3.8, 4) is 0 Å². The molecule has 2 rings (SSSR count). The molecule has 0 aliphatic carbocycles.